The monoisotopic (exact) mass is 476 g/mol. The van der Waals surface area contributed by atoms with Gasteiger partial charge in [0.05, 0.1) is 13.2 Å². The van der Waals surface area contributed by atoms with E-state index >= 15 is 4.39 Å². The number of hydrogen-bond donors (Lipinski definition) is 0. The van der Waals surface area contributed by atoms with Crippen molar-refractivity contribution >= 4 is 22.4 Å². The molecule has 1 fully saturated rings. The Morgan fingerprint density at radius 1 is 0.848 bits per heavy atom. The molecule has 0 unspecified atom stereocenters. The molecule has 0 atom stereocenters. The summed E-state index contributed by atoms with van der Waals surface area (Å²) < 4.78 is 54.1. The van der Waals surface area contributed by atoms with Crippen LogP contribution in [0.1, 0.15) is 42.9 Å². The molecule has 3 aromatic rings. The van der Waals surface area contributed by atoms with Gasteiger partial charge in [0.2, 0.25) is 0 Å². The number of benzene rings is 3. The van der Waals surface area contributed by atoms with E-state index in [1.807, 2.05) is 18.2 Å². The highest BCUT2D eigenvalue weighted by Gasteiger charge is 2.21. The van der Waals surface area contributed by atoms with Crippen LogP contribution in [0.15, 0.2) is 42.5 Å². The zero-order chi connectivity index (χ0) is 23.4. The summed E-state index contributed by atoms with van der Waals surface area (Å²) in [5, 5.41) is 0.844. The Labute approximate surface area is 197 Å². The Morgan fingerprint density at radius 3 is 2.27 bits per heavy atom. The predicted octanol–water partition coefficient (Wildman–Crippen LogP) is 7.42. The lowest BCUT2D eigenvalue weighted by molar-refractivity contribution is -0.203. The molecule has 4 rings (SSSR count). The first kappa shape index (κ1) is 24.1. The van der Waals surface area contributed by atoms with Crippen molar-refractivity contribution in [3.05, 3.63) is 81.6 Å². The molecule has 0 bridgehead atoms. The third-order valence-electron chi connectivity index (χ3n) is 6.23. The number of fused-ring (bicyclic) bond motifs is 1. The van der Waals surface area contributed by atoms with E-state index in [9.17, 15) is 8.78 Å². The average molecular weight is 477 g/mol. The number of hydrogen-bond acceptors (Lipinski definition) is 2. The van der Waals surface area contributed by atoms with Crippen molar-refractivity contribution in [2.75, 3.05) is 13.2 Å². The van der Waals surface area contributed by atoms with E-state index in [-0.39, 0.29) is 12.1 Å². The molecular weight excluding hydrogens is 449 g/mol. The summed E-state index contributed by atoms with van der Waals surface area (Å²) in [6, 6.07) is 11.7. The fourth-order valence-corrected chi connectivity index (χ4v) is 4.48. The SMILES string of the molecule is CCCC1COC(CCc2ccc3c(F)c(CCc4cc(F)c(Cl)c(F)c4)ccc3c2)OC1. The second-order valence-electron chi connectivity index (χ2n) is 8.76. The van der Waals surface area contributed by atoms with Gasteiger partial charge < -0.3 is 9.47 Å². The summed E-state index contributed by atoms with van der Waals surface area (Å²) in [7, 11) is 0. The lowest BCUT2D eigenvalue weighted by Gasteiger charge is -2.29. The van der Waals surface area contributed by atoms with Crippen molar-refractivity contribution in [1.29, 1.82) is 0 Å². The molecule has 0 aliphatic carbocycles. The number of aryl methyl sites for hydroxylation is 3. The summed E-state index contributed by atoms with van der Waals surface area (Å²) in [5.41, 5.74) is 2.05. The fraction of sp³-hybridized carbons (Fsp3) is 0.407. The van der Waals surface area contributed by atoms with Crippen LogP contribution >= 0.6 is 11.6 Å². The fourth-order valence-electron chi connectivity index (χ4n) is 4.38. The van der Waals surface area contributed by atoms with Gasteiger partial charge in [0.15, 0.2) is 6.29 Å². The maximum atomic E-state index is 15.1. The molecule has 1 heterocycles. The van der Waals surface area contributed by atoms with Gasteiger partial charge in [-0.15, -0.1) is 0 Å². The highest BCUT2D eigenvalue weighted by molar-refractivity contribution is 6.30. The van der Waals surface area contributed by atoms with E-state index in [2.05, 4.69) is 6.92 Å². The Hall–Kier alpha value is -2.08. The second-order valence-corrected chi connectivity index (χ2v) is 9.14. The Bertz CT molecular complexity index is 1090. The first-order chi connectivity index (χ1) is 15.9. The Kier molecular flexibility index (Phi) is 7.94. The van der Waals surface area contributed by atoms with Crippen LogP contribution in [0.2, 0.25) is 5.02 Å². The lowest BCUT2D eigenvalue weighted by atomic mass is 9.98. The Morgan fingerprint density at radius 2 is 1.58 bits per heavy atom. The molecule has 2 nitrogen and oxygen atoms in total. The highest BCUT2D eigenvalue weighted by Crippen LogP contribution is 2.26. The van der Waals surface area contributed by atoms with Gasteiger partial charge in [0.1, 0.15) is 22.5 Å². The molecule has 0 radical (unpaired) electrons. The van der Waals surface area contributed by atoms with Gasteiger partial charge in [-0.2, -0.15) is 0 Å². The minimum Gasteiger partial charge on any atom is -0.352 e. The van der Waals surface area contributed by atoms with Crippen LogP contribution in [0.4, 0.5) is 13.2 Å². The maximum Gasteiger partial charge on any atom is 0.157 e. The first-order valence-corrected chi connectivity index (χ1v) is 11.9. The molecular formula is C27H28ClF3O2. The molecule has 0 aromatic heterocycles. The summed E-state index contributed by atoms with van der Waals surface area (Å²) in [6.07, 6.45) is 4.27. The lowest BCUT2D eigenvalue weighted by Crippen LogP contribution is -2.32. The van der Waals surface area contributed by atoms with Crippen molar-refractivity contribution < 1.29 is 22.6 Å². The standard InChI is InChI=1S/C27H28ClF3O2/c1-2-3-19-15-32-25(33-16-19)11-6-17-5-10-22-21(12-17)9-8-20(27(22)31)7-4-18-13-23(29)26(28)24(30)14-18/h5,8-10,12-14,19,25H,2-4,6-7,11,15-16H2,1H3. The topological polar surface area (TPSA) is 18.5 Å². The molecule has 0 spiro atoms. The zero-order valence-corrected chi connectivity index (χ0v) is 19.4. The summed E-state index contributed by atoms with van der Waals surface area (Å²) in [6.45, 7) is 3.67. The number of halogens is 4. The smallest absolute Gasteiger partial charge is 0.157 e. The minimum atomic E-state index is -0.803. The van der Waals surface area contributed by atoms with Gasteiger partial charge in [-0.05, 0) is 59.9 Å². The van der Waals surface area contributed by atoms with E-state index in [4.69, 9.17) is 21.1 Å². The highest BCUT2D eigenvalue weighted by atomic mass is 35.5. The number of ether oxygens (including phenoxy) is 2. The van der Waals surface area contributed by atoms with Crippen LogP contribution in [0.5, 0.6) is 0 Å². The van der Waals surface area contributed by atoms with E-state index in [1.165, 1.54) is 12.1 Å². The molecule has 1 aliphatic rings. The van der Waals surface area contributed by atoms with Gasteiger partial charge in [0, 0.05) is 17.7 Å². The van der Waals surface area contributed by atoms with E-state index in [0.717, 1.165) is 49.8 Å². The molecule has 176 valence electrons. The predicted molar refractivity (Wildman–Crippen MR) is 125 cm³/mol. The summed E-state index contributed by atoms with van der Waals surface area (Å²) in [4.78, 5) is 0. The number of rotatable bonds is 8. The van der Waals surface area contributed by atoms with Gasteiger partial charge in [-0.3, -0.25) is 0 Å². The van der Waals surface area contributed by atoms with Crippen molar-refractivity contribution in [3.8, 4) is 0 Å². The van der Waals surface area contributed by atoms with Crippen LogP contribution in [0, 0.1) is 23.4 Å². The molecule has 33 heavy (non-hydrogen) atoms. The van der Waals surface area contributed by atoms with Gasteiger partial charge >= 0.3 is 0 Å². The van der Waals surface area contributed by atoms with Gasteiger partial charge in [-0.1, -0.05) is 55.3 Å². The van der Waals surface area contributed by atoms with Gasteiger partial charge in [0.25, 0.3) is 0 Å². The third-order valence-corrected chi connectivity index (χ3v) is 6.59. The molecule has 1 aliphatic heterocycles. The van der Waals surface area contributed by atoms with E-state index in [1.54, 1.807) is 12.1 Å². The van der Waals surface area contributed by atoms with Crippen LogP contribution in [-0.4, -0.2) is 19.5 Å². The van der Waals surface area contributed by atoms with Crippen molar-refractivity contribution in [3.63, 3.8) is 0 Å². The molecule has 1 saturated heterocycles. The van der Waals surface area contributed by atoms with Crippen molar-refractivity contribution in [2.24, 2.45) is 5.92 Å². The average Bonchev–Trinajstić information content (AvgIpc) is 2.82. The molecule has 0 saturated carbocycles. The first-order valence-electron chi connectivity index (χ1n) is 11.5. The third kappa shape index (κ3) is 5.89. The van der Waals surface area contributed by atoms with Crippen molar-refractivity contribution in [1.82, 2.24) is 0 Å². The van der Waals surface area contributed by atoms with E-state index in [0.29, 0.717) is 35.3 Å². The molecule has 0 amide bonds. The van der Waals surface area contributed by atoms with Gasteiger partial charge in [-0.25, -0.2) is 13.2 Å². The van der Waals surface area contributed by atoms with Crippen LogP contribution < -0.4 is 0 Å². The Balaban J connectivity index is 1.38. The second kappa shape index (κ2) is 10.9. The zero-order valence-electron chi connectivity index (χ0n) is 18.7. The largest absolute Gasteiger partial charge is 0.352 e. The maximum absolute atomic E-state index is 15.1. The molecule has 3 aromatic carbocycles. The van der Waals surface area contributed by atoms with Crippen molar-refractivity contribution in [2.45, 2.75) is 51.7 Å². The normalized spacial score (nSPS) is 18.7. The van der Waals surface area contributed by atoms with Crippen LogP contribution in [0.3, 0.4) is 0 Å². The van der Waals surface area contributed by atoms with E-state index < -0.39 is 16.7 Å². The minimum absolute atomic E-state index is 0.185. The summed E-state index contributed by atoms with van der Waals surface area (Å²) >= 11 is 5.53. The molecule has 6 heteroatoms. The molecule has 0 N–H and O–H groups in total. The van der Waals surface area contributed by atoms with Crippen LogP contribution in [0.25, 0.3) is 10.8 Å². The quantitative estimate of drug-likeness (QED) is 0.315. The summed E-state index contributed by atoms with van der Waals surface area (Å²) in [5.74, 6) is -1.41. The van der Waals surface area contributed by atoms with Crippen LogP contribution in [-0.2, 0) is 28.7 Å².